The van der Waals surface area contributed by atoms with Crippen LogP contribution in [0, 0.1) is 0 Å². The highest BCUT2D eigenvalue weighted by Gasteiger charge is 2.32. The molecule has 0 saturated carbocycles. The molecule has 4 aliphatic heterocycles. The van der Waals surface area contributed by atoms with Gasteiger partial charge in [0, 0.05) is 45.3 Å². The molecule has 0 radical (unpaired) electrons. The number of nitrogen functional groups attached to an aromatic ring is 1. The summed E-state index contributed by atoms with van der Waals surface area (Å²) in [6.45, 7) is 6.77. The van der Waals surface area contributed by atoms with E-state index < -0.39 is 0 Å². The molecular formula is C16H21ClN4O3. The average molecular weight is 353 g/mol. The number of hydrogen-bond acceptors (Lipinski definition) is 6. The number of nitrogens with zero attached hydrogens (tertiary/aromatic N) is 2. The summed E-state index contributed by atoms with van der Waals surface area (Å²) in [4.78, 5) is 17.5. The van der Waals surface area contributed by atoms with Gasteiger partial charge in [0.2, 0.25) is 0 Å². The maximum Gasteiger partial charge on any atom is 0.255 e. The maximum absolute atomic E-state index is 12.7. The summed E-state index contributed by atoms with van der Waals surface area (Å²) in [5.74, 6) is 0.539. The van der Waals surface area contributed by atoms with Gasteiger partial charge in [0.15, 0.2) is 11.5 Å². The Morgan fingerprint density at radius 2 is 1.96 bits per heavy atom. The third-order valence-electron chi connectivity index (χ3n) is 4.94. The van der Waals surface area contributed by atoms with Gasteiger partial charge in [-0.25, -0.2) is 0 Å². The number of fused-ring (bicyclic) bond motifs is 4. The van der Waals surface area contributed by atoms with Crippen molar-refractivity contribution in [2.75, 3.05) is 58.2 Å². The van der Waals surface area contributed by atoms with Crippen LogP contribution in [0.2, 0.25) is 5.02 Å². The molecule has 130 valence electrons. The summed E-state index contributed by atoms with van der Waals surface area (Å²) in [6.07, 6.45) is 0. The zero-order valence-corrected chi connectivity index (χ0v) is 14.1. The number of carbonyl (C=O) groups is 1. The molecule has 1 atom stereocenters. The minimum atomic E-state index is -0.212. The first-order valence-corrected chi connectivity index (χ1v) is 8.63. The number of rotatable bonds is 3. The molecule has 0 aromatic heterocycles. The number of amides is 1. The number of piperazine rings is 3. The number of ether oxygens (including phenoxy) is 2. The van der Waals surface area contributed by atoms with Gasteiger partial charge in [-0.05, 0) is 6.07 Å². The smallest absolute Gasteiger partial charge is 0.255 e. The van der Waals surface area contributed by atoms with E-state index in [9.17, 15) is 4.79 Å². The Morgan fingerprint density at radius 3 is 2.62 bits per heavy atom. The molecule has 1 amide bonds. The Labute approximate surface area is 145 Å². The largest absolute Gasteiger partial charge is 0.485 e. The lowest BCUT2D eigenvalue weighted by molar-refractivity contribution is 0.0138. The van der Waals surface area contributed by atoms with Crippen molar-refractivity contribution in [1.82, 2.24) is 15.1 Å². The minimum absolute atomic E-state index is 0.212. The van der Waals surface area contributed by atoms with Gasteiger partial charge in [0.25, 0.3) is 5.91 Å². The lowest BCUT2D eigenvalue weighted by atomic mass is 10.1. The first kappa shape index (κ1) is 15.8. The molecule has 24 heavy (non-hydrogen) atoms. The fourth-order valence-corrected chi connectivity index (χ4v) is 3.78. The van der Waals surface area contributed by atoms with Gasteiger partial charge >= 0.3 is 0 Å². The number of benzene rings is 1. The number of carbonyl (C=O) groups excluding carboxylic acids is 1. The molecule has 4 aliphatic rings. The number of halogens is 1. The number of hydrogen-bond donors (Lipinski definition) is 2. The van der Waals surface area contributed by atoms with Crippen molar-refractivity contribution in [2.24, 2.45) is 0 Å². The Kier molecular flexibility index (Phi) is 4.15. The number of nitrogens with two attached hydrogens (primary N) is 1. The van der Waals surface area contributed by atoms with Crippen LogP contribution in [0.15, 0.2) is 6.07 Å². The molecule has 0 spiro atoms. The second-order valence-corrected chi connectivity index (χ2v) is 6.78. The molecule has 0 unspecified atom stereocenters. The molecule has 3 fully saturated rings. The van der Waals surface area contributed by atoms with Crippen LogP contribution in [-0.4, -0.2) is 74.2 Å². The van der Waals surface area contributed by atoms with E-state index in [-0.39, 0.29) is 5.91 Å². The Bertz CT molecular complexity index is 661. The zero-order valence-electron chi connectivity index (χ0n) is 13.4. The van der Waals surface area contributed by atoms with Crippen LogP contribution in [0.5, 0.6) is 11.5 Å². The highest BCUT2D eigenvalue weighted by atomic mass is 35.5. The van der Waals surface area contributed by atoms with E-state index in [4.69, 9.17) is 26.8 Å². The van der Waals surface area contributed by atoms with Gasteiger partial charge in [0.05, 0.1) is 16.3 Å². The molecule has 3 saturated heterocycles. The number of anilines is 1. The van der Waals surface area contributed by atoms with Gasteiger partial charge in [-0.3, -0.25) is 14.6 Å². The van der Waals surface area contributed by atoms with Gasteiger partial charge < -0.3 is 20.5 Å². The van der Waals surface area contributed by atoms with E-state index >= 15 is 0 Å². The van der Waals surface area contributed by atoms with Crippen LogP contribution in [0.25, 0.3) is 0 Å². The minimum Gasteiger partial charge on any atom is -0.485 e. The normalized spacial score (nSPS) is 27.8. The van der Waals surface area contributed by atoms with Crippen LogP contribution in [0.3, 0.4) is 0 Å². The standard InChI is InChI=1S/C16H21ClN4O3/c17-12-7-11(14-15(13(12)18)24-6-5-23-14)16(22)19-8-10-9-20-1-3-21(10)4-2-20/h7,10H,1-6,8-9,18H2,(H,19,22)/t10-/m0/s1. The first-order valence-electron chi connectivity index (χ1n) is 8.25. The summed E-state index contributed by atoms with van der Waals surface area (Å²) in [5.41, 5.74) is 6.61. The van der Waals surface area contributed by atoms with Gasteiger partial charge in [-0.15, -0.1) is 0 Å². The van der Waals surface area contributed by atoms with E-state index in [1.807, 2.05) is 0 Å². The van der Waals surface area contributed by atoms with Gasteiger partial charge in [-0.2, -0.15) is 0 Å². The van der Waals surface area contributed by atoms with Crippen molar-refractivity contribution in [1.29, 1.82) is 0 Å². The Hall–Kier alpha value is -1.70. The highest BCUT2D eigenvalue weighted by molar-refractivity contribution is 6.34. The predicted molar refractivity (Wildman–Crippen MR) is 91.0 cm³/mol. The van der Waals surface area contributed by atoms with Crippen molar-refractivity contribution in [3.05, 3.63) is 16.7 Å². The molecule has 4 heterocycles. The summed E-state index contributed by atoms with van der Waals surface area (Å²) >= 11 is 6.14. The fraction of sp³-hybridized carbons (Fsp3) is 0.562. The second-order valence-electron chi connectivity index (χ2n) is 6.38. The van der Waals surface area contributed by atoms with E-state index in [1.165, 1.54) is 0 Å². The monoisotopic (exact) mass is 352 g/mol. The van der Waals surface area contributed by atoms with E-state index in [2.05, 4.69) is 15.1 Å². The van der Waals surface area contributed by atoms with Crippen molar-refractivity contribution in [2.45, 2.75) is 6.04 Å². The molecule has 3 N–H and O–H groups in total. The lowest BCUT2D eigenvalue weighted by Gasteiger charge is -2.47. The first-order chi connectivity index (χ1) is 11.6. The zero-order chi connectivity index (χ0) is 16.7. The predicted octanol–water partition coefficient (Wildman–Crippen LogP) is 0.423. The average Bonchev–Trinajstić information content (AvgIpc) is 2.64. The summed E-state index contributed by atoms with van der Waals surface area (Å²) in [5, 5.41) is 3.31. The second kappa shape index (κ2) is 6.31. The SMILES string of the molecule is Nc1c(Cl)cc(C(=O)NC[C@H]2CN3CCN2CC3)c2c1OCCO2. The molecule has 2 bridgehead atoms. The number of nitrogens with one attached hydrogen (secondary N) is 1. The van der Waals surface area contributed by atoms with Gasteiger partial charge in [-0.1, -0.05) is 11.6 Å². The van der Waals surface area contributed by atoms with Crippen molar-refractivity contribution >= 4 is 23.2 Å². The lowest BCUT2D eigenvalue weighted by Crippen LogP contribution is -2.63. The molecule has 0 aliphatic carbocycles. The molecule has 1 aromatic carbocycles. The van der Waals surface area contributed by atoms with Crippen LogP contribution in [-0.2, 0) is 0 Å². The summed E-state index contributed by atoms with van der Waals surface area (Å²) < 4.78 is 11.1. The molecule has 7 nitrogen and oxygen atoms in total. The van der Waals surface area contributed by atoms with Crippen LogP contribution in [0.1, 0.15) is 10.4 Å². The van der Waals surface area contributed by atoms with Crippen molar-refractivity contribution in [3.63, 3.8) is 0 Å². The fourth-order valence-electron chi connectivity index (χ4n) is 3.59. The van der Waals surface area contributed by atoms with Crippen LogP contribution in [0.4, 0.5) is 5.69 Å². The molecule has 1 aromatic rings. The quantitative estimate of drug-likeness (QED) is 0.768. The summed E-state index contributed by atoms with van der Waals surface area (Å²) in [6, 6.07) is 1.91. The van der Waals surface area contributed by atoms with E-state index in [0.717, 1.165) is 32.7 Å². The Balaban J connectivity index is 1.49. The molecule has 8 heteroatoms. The van der Waals surface area contributed by atoms with E-state index in [1.54, 1.807) is 6.07 Å². The van der Waals surface area contributed by atoms with Crippen LogP contribution >= 0.6 is 11.6 Å². The Morgan fingerprint density at radius 1 is 1.25 bits per heavy atom. The molecule has 5 rings (SSSR count). The molecular weight excluding hydrogens is 332 g/mol. The van der Waals surface area contributed by atoms with Crippen LogP contribution < -0.4 is 20.5 Å². The summed E-state index contributed by atoms with van der Waals surface area (Å²) in [7, 11) is 0. The highest BCUT2D eigenvalue weighted by Crippen LogP contribution is 2.43. The topological polar surface area (TPSA) is 80.1 Å². The third kappa shape index (κ3) is 2.76. The van der Waals surface area contributed by atoms with Gasteiger partial charge in [0.1, 0.15) is 13.2 Å². The van der Waals surface area contributed by atoms with Crippen molar-refractivity contribution in [3.8, 4) is 11.5 Å². The van der Waals surface area contributed by atoms with Crippen molar-refractivity contribution < 1.29 is 14.3 Å². The van der Waals surface area contributed by atoms with E-state index in [0.29, 0.717) is 53.6 Å². The third-order valence-corrected chi connectivity index (χ3v) is 5.25. The maximum atomic E-state index is 12.7.